The molecule has 1 aromatic carbocycles. The first-order valence-electron chi connectivity index (χ1n) is 5.22. The fraction of sp³-hybridized carbons (Fsp3) is 0.364. The summed E-state index contributed by atoms with van der Waals surface area (Å²) in [6, 6.07) is 4.71. The van der Waals surface area contributed by atoms with Gasteiger partial charge in [-0.1, -0.05) is 18.5 Å². The van der Waals surface area contributed by atoms with Gasteiger partial charge in [-0.15, -0.1) is 0 Å². The predicted octanol–water partition coefficient (Wildman–Crippen LogP) is 1.42. The smallest absolute Gasteiger partial charge is 0.253 e. The second-order valence-electron chi connectivity index (χ2n) is 3.42. The van der Waals surface area contributed by atoms with E-state index in [1.54, 1.807) is 12.1 Å². The Morgan fingerprint density at radius 3 is 2.82 bits per heavy atom. The Kier molecular flexibility index (Phi) is 5.44. The lowest BCUT2D eigenvalue weighted by Gasteiger charge is -2.07. The van der Waals surface area contributed by atoms with Gasteiger partial charge in [0.05, 0.1) is 5.56 Å². The van der Waals surface area contributed by atoms with Gasteiger partial charge in [-0.3, -0.25) is 9.00 Å². The van der Waals surface area contributed by atoms with E-state index in [1.165, 1.54) is 6.07 Å². The summed E-state index contributed by atoms with van der Waals surface area (Å²) >= 11 is 5.73. The van der Waals surface area contributed by atoms with Gasteiger partial charge < -0.3 is 11.1 Å². The molecule has 94 valence electrons. The van der Waals surface area contributed by atoms with Crippen LogP contribution in [0.2, 0.25) is 5.02 Å². The highest BCUT2D eigenvalue weighted by Crippen LogP contribution is 2.17. The van der Waals surface area contributed by atoms with Gasteiger partial charge in [0.25, 0.3) is 5.91 Å². The molecule has 0 heterocycles. The molecule has 0 aromatic heterocycles. The van der Waals surface area contributed by atoms with Crippen LogP contribution in [-0.4, -0.2) is 28.2 Å². The van der Waals surface area contributed by atoms with Crippen molar-refractivity contribution in [2.45, 2.75) is 6.92 Å². The molecule has 0 saturated heterocycles. The Bertz CT molecular complexity index is 437. The van der Waals surface area contributed by atoms with E-state index >= 15 is 0 Å². The van der Waals surface area contributed by atoms with Crippen LogP contribution in [0, 0.1) is 0 Å². The van der Waals surface area contributed by atoms with Crippen LogP contribution in [0.25, 0.3) is 0 Å². The van der Waals surface area contributed by atoms with Crippen LogP contribution in [0.1, 0.15) is 17.3 Å². The zero-order valence-corrected chi connectivity index (χ0v) is 11.1. The molecule has 0 aliphatic heterocycles. The average molecular weight is 275 g/mol. The molecule has 3 N–H and O–H groups in total. The number of anilines is 1. The maximum absolute atomic E-state index is 11.7. The number of hydrogen-bond donors (Lipinski definition) is 2. The number of rotatable bonds is 5. The summed E-state index contributed by atoms with van der Waals surface area (Å²) in [4.78, 5) is 11.7. The number of hydrogen-bond acceptors (Lipinski definition) is 3. The summed E-state index contributed by atoms with van der Waals surface area (Å²) in [6.45, 7) is 2.22. The van der Waals surface area contributed by atoms with Crippen molar-refractivity contribution in [3.8, 4) is 0 Å². The lowest BCUT2D eigenvalue weighted by atomic mass is 10.1. The van der Waals surface area contributed by atoms with Crippen molar-refractivity contribution in [3.63, 3.8) is 0 Å². The normalized spacial score (nSPS) is 12.1. The van der Waals surface area contributed by atoms with E-state index in [9.17, 15) is 9.00 Å². The van der Waals surface area contributed by atoms with Gasteiger partial charge in [-0.05, 0) is 18.2 Å². The van der Waals surface area contributed by atoms with Crippen molar-refractivity contribution in [2.24, 2.45) is 0 Å². The highest BCUT2D eigenvalue weighted by atomic mass is 35.5. The Hall–Kier alpha value is -1.07. The van der Waals surface area contributed by atoms with Gasteiger partial charge in [-0.2, -0.15) is 0 Å². The van der Waals surface area contributed by atoms with E-state index < -0.39 is 10.8 Å². The first-order chi connectivity index (χ1) is 8.04. The number of halogens is 1. The molecule has 1 unspecified atom stereocenters. The Balaban J connectivity index is 2.55. The molecule has 1 rings (SSSR count). The monoisotopic (exact) mass is 274 g/mol. The highest BCUT2D eigenvalue weighted by Gasteiger charge is 2.09. The van der Waals surface area contributed by atoms with E-state index in [1.807, 2.05) is 6.92 Å². The van der Waals surface area contributed by atoms with Crippen LogP contribution in [0.4, 0.5) is 5.69 Å². The fourth-order valence-corrected chi connectivity index (χ4v) is 2.06. The molecule has 1 aromatic rings. The largest absolute Gasteiger partial charge is 0.398 e. The molecule has 0 aliphatic carbocycles. The van der Waals surface area contributed by atoms with Crippen LogP contribution >= 0.6 is 11.6 Å². The third kappa shape index (κ3) is 4.36. The molecular weight excluding hydrogens is 260 g/mol. The minimum Gasteiger partial charge on any atom is -0.398 e. The number of benzene rings is 1. The van der Waals surface area contributed by atoms with Crippen molar-refractivity contribution < 1.29 is 9.00 Å². The van der Waals surface area contributed by atoms with Crippen molar-refractivity contribution in [1.82, 2.24) is 5.32 Å². The summed E-state index contributed by atoms with van der Waals surface area (Å²) in [7, 11) is -0.876. The van der Waals surface area contributed by atoms with E-state index in [4.69, 9.17) is 17.3 Å². The van der Waals surface area contributed by atoms with Gasteiger partial charge in [0.1, 0.15) is 0 Å². The number of nitrogens with two attached hydrogens (primary N) is 1. The lowest BCUT2D eigenvalue weighted by Crippen LogP contribution is -2.28. The third-order valence-corrected chi connectivity index (χ3v) is 3.73. The van der Waals surface area contributed by atoms with Gasteiger partial charge in [0.15, 0.2) is 0 Å². The molecule has 6 heteroatoms. The Morgan fingerprint density at radius 2 is 2.24 bits per heavy atom. The van der Waals surface area contributed by atoms with Crippen molar-refractivity contribution in [1.29, 1.82) is 0 Å². The molecule has 0 aliphatic rings. The van der Waals surface area contributed by atoms with E-state index in [0.717, 1.165) is 0 Å². The quantitative estimate of drug-likeness (QED) is 0.798. The molecule has 0 spiro atoms. The summed E-state index contributed by atoms with van der Waals surface area (Å²) in [5.74, 6) is 0.779. The lowest BCUT2D eigenvalue weighted by molar-refractivity contribution is 0.0957. The maximum atomic E-state index is 11.7. The van der Waals surface area contributed by atoms with Crippen LogP contribution < -0.4 is 11.1 Å². The zero-order chi connectivity index (χ0) is 12.8. The predicted molar refractivity (Wildman–Crippen MR) is 71.7 cm³/mol. The van der Waals surface area contributed by atoms with E-state index in [0.29, 0.717) is 34.3 Å². The molecule has 4 nitrogen and oxygen atoms in total. The Morgan fingerprint density at radius 1 is 1.53 bits per heavy atom. The standard InChI is InChI=1S/C11H15ClN2O2S/c1-2-17(16)6-5-14-11(15)9-4-3-8(12)7-10(9)13/h3-4,7H,2,5-6,13H2,1H3,(H,14,15). The summed E-state index contributed by atoms with van der Waals surface area (Å²) in [5.41, 5.74) is 6.40. The van der Waals surface area contributed by atoms with E-state index in [-0.39, 0.29) is 5.91 Å². The summed E-state index contributed by atoms with van der Waals surface area (Å²) in [6.07, 6.45) is 0. The van der Waals surface area contributed by atoms with E-state index in [2.05, 4.69) is 5.32 Å². The molecule has 0 saturated carbocycles. The first kappa shape index (κ1) is 14.0. The molecule has 0 fully saturated rings. The minimum absolute atomic E-state index is 0.271. The third-order valence-electron chi connectivity index (χ3n) is 2.20. The average Bonchev–Trinajstić information content (AvgIpc) is 2.28. The van der Waals surface area contributed by atoms with Crippen molar-refractivity contribution >= 4 is 34.0 Å². The summed E-state index contributed by atoms with van der Waals surface area (Å²) in [5, 5.41) is 3.16. The van der Waals surface area contributed by atoms with Crippen molar-refractivity contribution in [2.75, 3.05) is 23.8 Å². The fourth-order valence-electron chi connectivity index (χ4n) is 1.26. The number of carbonyl (C=O) groups excluding carboxylic acids is 1. The molecule has 17 heavy (non-hydrogen) atoms. The van der Waals surface area contributed by atoms with Crippen LogP contribution in [0.5, 0.6) is 0 Å². The van der Waals surface area contributed by atoms with Gasteiger partial charge in [0, 0.05) is 39.6 Å². The number of carbonyl (C=O) groups is 1. The molecule has 0 bridgehead atoms. The van der Waals surface area contributed by atoms with Gasteiger partial charge in [-0.25, -0.2) is 0 Å². The van der Waals surface area contributed by atoms with Crippen LogP contribution in [0.15, 0.2) is 18.2 Å². The number of amides is 1. The van der Waals surface area contributed by atoms with Crippen LogP contribution in [-0.2, 0) is 10.8 Å². The van der Waals surface area contributed by atoms with Gasteiger partial charge >= 0.3 is 0 Å². The summed E-state index contributed by atoms with van der Waals surface area (Å²) < 4.78 is 11.2. The Labute approximate surface area is 108 Å². The minimum atomic E-state index is -0.876. The molecule has 0 radical (unpaired) electrons. The molecule has 1 atom stereocenters. The van der Waals surface area contributed by atoms with Crippen molar-refractivity contribution in [3.05, 3.63) is 28.8 Å². The maximum Gasteiger partial charge on any atom is 0.253 e. The topological polar surface area (TPSA) is 72.2 Å². The SMILES string of the molecule is CCS(=O)CCNC(=O)c1ccc(Cl)cc1N. The second kappa shape index (κ2) is 6.61. The number of nitrogen functional groups attached to an aromatic ring is 1. The first-order valence-corrected chi connectivity index (χ1v) is 7.09. The van der Waals surface area contributed by atoms with Crippen LogP contribution in [0.3, 0.4) is 0 Å². The van der Waals surface area contributed by atoms with Gasteiger partial charge in [0.2, 0.25) is 0 Å². The molecule has 1 amide bonds. The second-order valence-corrected chi connectivity index (χ2v) is 5.72. The number of nitrogens with one attached hydrogen (secondary N) is 1. The highest BCUT2D eigenvalue weighted by molar-refractivity contribution is 7.84. The molecular formula is C11H15ClN2O2S. The zero-order valence-electron chi connectivity index (χ0n) is 9.53.